The van der Waals surface area contributed by atoms with Crippen molar-refractivity contribution in [2.75, 3.05) is 6.54 Å². The summed E-state index contributed by atoms with van der Waals surface area (Å²) < 4.78 is 0. The number of nitrogens with one attached hydrogen (secondary N) is 2. The molecule has 0 radical (unpaired) electrons. The van der Waals surface area contributed by atoms with Crippen LogP contribution in [0.15, 0.2) is 0 Å². The summed E-state index contributed by atoms with van der Waals surface area (Å²) in [6.07, 6.45) is 7.14. The molecule has 0 bridgehead atoms. The van der Waals surface area contributed by atoms with E-state index in [1.807, 2.05) is 0 Å². The summed E-state index contributed by atoms with van der Waals surface area (Å²) in [5.74, 6) is 0.503. The van der Waals surface area contributed by atoms with E-state index in [1.165, 1.54) is 19.3 Å². The van der Waals surface area contributed by atoms with Crippen molar-refractivity contribution in [3.63, 3.8) is 0 Å². The number of hydrogen-bond acceptors (Lipinski definition) is 2. The predicted octanol–water partition coefficient (Wildman–Crippen LogP) is 0.961. The van der Waals surface area contributed by atoms with Crippen molar-refractivity contribution in [2.24, 2.45) is 5.92 Å². The van der Waals surface area contributed by atoms with E-state index in [1.54, 1.807) is 0 Å². The Hall–Kier alpha value is -1.06. The van der Waals surface area contributed by atoms with Crippen LogP contribution in [0.3, 0.4) is 0 Å². The van der Waals surface area contributed by atoms with Gasteiger partial charge in [-0.15, -0.1) is 0 Å². The fraction of sp³-hybridized carbons (Fsp3) is 0.833. The fourth-order valence-corrected chi connectivity index (χ4v) is 2.56. The summed E-state index contributed by atoms with van der Waals surface area (Å²) in [7, 11) is 0. The molecule has 2 aliphatic rings. The zero-order valence-electron chi connectivity index (χ0n) is 9.63. The first-order chi connectivity index (χ1) is 7.75. The molecule has 1 saturated heterocycles. The Bertz CT molecular complexity index is 272. The van der Waals surface area contributed by atoms with Gasteiger partial charge in [0, 0.05) is 24.9 Å². The summed E-state index contributed by atoms with van der Waals surface area (Å²) in [6, 6.07) is 0.153. The number of hydrogen-bond donors (Lipinski definition) is 2. The van der Waals surface area contributed by atoms with Crippen LogP contribution in [0, 0.1) is 5.92 Å². The standard InChI is InChI=1S/C12H20N2O2/c15-11-7-6-10(14-11)8-13-12(16)9-4-2-1-3-5-9/h9-10H,1-8H2,(H,13,16)(H,14,15). The second-order valence-corrected chi connectivity index (χ2v) is 4.88. The van der Waals surface area contributed by atoms with Crippen LogP contribution in [-0.2, 0) is 9.59 Å². The predicted molar refractivity (Wildman–Crippen MR) is 60.7 cm³/mol. The third-order valence-corrected chi connectivity index (χ3v) is 3.58. The first-order valence-electron chi connectivity index (χ1n) is 6.33. The molecule has 1 aliphatic heterocycles. The van der Waals surface area contributed by atoms with Gasteiger partial charge in [0.25, 0.3) is 0 Å². The van der Waals surface area contributed by atoms with Crippen LogP contribution < -0.4 is 10.6 Å². The molecule has 1 heterocycles. The molecular formula is C12H20N2O2. The lowest BCUT2D eigenvalue weighted by atomic mass is 9.88. The van der Waals surface area contributed by atoms with E-state index in [4.69, 9.17) is 0 Å². The molecule has 16 heavy (non-hydrogen) atoms. The Balaban J connectivity index is 1.68. The molecule has 0 spiro atoms. The maximum atomic E-state index is 11.8. The van der Waals surface area contributed by atoms with Gasteiger partial charge >= 0.3 is 0 Å². The highest BCUT2D eigenvalue weighted by atomic mass is 16.2. The smallest absolute Gasteiger partial charge is 0.223 e. The molecule has 1 aliphatic carbocycles. The second kappa shape index (κ2) is 5.32. The van der Waals surface area contributed by atoms with E-state index in [9.17, 15) is 9.59 Å². The Morgan fingerprint density at radius 3 is 2.62 bits per heavy atom. The van der Waals surface area contributed by atoms with Crippen LogP contribution in [-0.4, -0.2) is 24.4 Å². The third-order valence-electron chi connectivity index (χ3n) is 3.58. The van der Waals surface area contributed by atoms with Crippen LogP contribution in [0.4, 0.5) is 0 Å². The molecule has 2 fully saturated rings. The molecule has 0 aromatic rings. The lowest BCUT2D eigenvalue weighted by molar-refractivity contribution is -0.126. The van der Waals surface area contributed by atoms with Gasteiger partial charge in [-0.3, -0.25) is 9.59 Å². The normalized spacial score (nSPS) is 26.5. The number of amides is 2. The van der Waals surface area contributed by atoms with E-state index in [0.717, 1.165) is 19.3 Å². The van der Waals surface area contributed by atoms with Crippen molar-refractivity contribution in [2.45, 2.75) is 51.0 Å². The van der Waals surface area contributed by atoms with Crippen LogP contribution in [0.25, 0.3) is 0 Å². The van der Waals surface area contributed by atoms with Gasteiger partial charge in [-0.05, 0) is 19.3 Å². The minimum Gasteiger partial charge on any atom is -0.354 e. The van der Waals surface area contributed by atoms with Gasteiger partial charge in [0.2, 0.25) is 11.8 Å². The Morgan fingerprint density at radius 1 is 1.25 bits per heavy atom. The van der Waals surface area contributed by atoms with E-state index in [2.05, 4.69) is 10.6 Å². The van der Waals surface area contributed by atoms with Crippen LogP contribution in [0.1, 0.15) is 44.9 Å². The quantitative estimate of drug-likeness (QED) is 0.750. The Labute approximate surface area is 96.2 Å². The lowest BCUT2D eigenvalue weighted by Gasteiger charge is -2.21. The van der Waals surface area contributed by atoms with E-state index >= 15 is 0 Å². The van der Waals surface area contributed by atoms with E-state index in [0.29, 0.717) is 13.0 Å². The zero-order chi connectivity index (χ0) is 11.4. The van der Waals surface area contributed by atoms with E-state index in [-0.39, 0.29) is 23.8 Å². The highest BCUT2D eigenvalue weighted by Crippen LogP contribution is 2.23. The first-order valence-corrected chi connectivity index (χ1v) is 6.33. The molecule has 1 unspecified atom stereocenters. The summed E-state index contributed by atoms with van der Waals surface area (Å²) in [6.45, 7) is 0.598. The SMILES string of the molecule is O=C1CCC(CNC(=O)C2CCCCC2)N1. The highest BCUT2D eigenvalue weighted by molar-refractivity contribution is 5.80. The van der Waals surface area contributed by atoms with Crippen molar-refractivity contribution in [3.05, 3.63) is 0 Å². The molecule has 2 amide bonds. The molecule has 1 atom stereocenters. The average Bonchev–Trinajstić information content (AvgIpc) is 2.73. The first kappa shape index (κ1) is 11.4. The van der Waals surface area contributed by atoms with Gasteiger partial charge in [-0.2, -0.15) is 0 Å². The average molecular weight is 224 g/mol. The van der Waals surface area contributed by atoms with Gasteiger partial charge in [-0.1, -0.05) is 19.3 Å². The second-order valence-electron chi connectivity index (χ2n) is 4.88. The number of rotatable bonds is 3. The van der Waals surface area contributed by atoms with Crippen LogP contribution in [0.2, 0.25) is 0 Å². The highest BCUT2D eigenvalue weighted by Gasteiger charge is 2.24. The lowest BCUT2D eigenvalue weighted by Crippen LogP contribution is -2.41. The Morgan fingerprint density at radius 2 is 2.00 bits per heavy atom. The van der Waals surface area contributed by atoms with Crippen LogP contribution >= 0.6 is 0 Å². The van der Waals surface area contributed by atoms with Crippen LogP contribution in [0.5, 0.6) is 0 Å². The van der Waals surface area contributed by atoms with Gasteiger partial charge in [0.15, 0.2) is 0 Å². The van der Waals surface area contributed by atoms with Crippen molar-refractivity contribution in [1.82, 2.24) is 10.6 Å². The van der Waals surface area contributed by atoms with Crippen molar-refractivity contribution in [3.8, 4) is 0 Å². The molecule has 90 valence electrons. The van der Waals surface area contributed by atoms with Gasteiger partial charge in [0.1, 0.15) is 0 Å². The molecule has 1 saturated carbocycles. The molecule has 2 rings (SSSR count). The summed E-state index contributed by atoms with van der Waals surface area (Å²) in [5, 5.41) is 5.82. The summed E-state index contributed by atoms with van der Waals surface area (Å²) >= 11 is 0. The Kier molecular flexibility index (Phi) is 3.80. The third kappa shape index (κ3) is 2.97. The van der Waals surface area contributed by atoms with Crippen molar-refractivity contribution < 1.29 is 9.59 Å². The molecular weight excluding hydrogens is 204 g/mol. The number of carbonyl (C=O) groups is 2. The summed E-state index contributed by atoms with van der Waals surface area (Å²) in [5.41, 5.74) is 0. The van der Waals surface area contributed by atoms with Gasteiger partial charge in [-0.25, -0.2) is 0 Å². The largest absolute Gasteiger partial charge is 0.354 e. The van der Waals surface area contributed by atoms with E-state index < -0.39 is 0 Å². The number of carbonyl (C=O) groups excluding carboxylic acids is 2. The summed E-state index contributed by atoms with van der Waals surface area (Å²) in [4.78, 5) is 22.8. The molecule has 0 aromatic carbocycles. The van der Waals surface area contributed by atoms with Gasteiger partial charge in [0.05, 0.1) is 0 Å². The monoisotopic (exact) mass is 224 g/mol. The minimum atomic E-state index is 0.108. The molecule has 4 nitrogen and oxygen atoms in total. The zero-order valence-corrected chi connectivity index (χ0v) is 9.63. The van der Waals surface area contributed by atoms with Crippen molar-refractivity contribution in [1.29, 1.82) is 0 Å². The maximum absolute atomic E-state index is 11.8. The van der Waals surface area contributed by atoms with Gasteiger partial charge < -0.3 is 10.6 Å². The topological polar surface area (TPSA) is 58.2 Å². The minimum absolute atomic E-state index is 0.108. The maximum Gasteiger partial charge on any atom is 0.223 e. The fourth-order valence-electron chi connectivity index (χ4n) is 2.56. The molecule has 4 heteroatoms. The molecule has 2 N–H and O–H groups in total. The molecule has 0 aromatic heterocycles. The van der Waals surface area contributed by atoms with Crippen molar-refractivity contribution >= 4 is 11.8 Å².